The van der Waals surface area contributed by atoms with Crippen LogP contribution in [0.4, 0.5) is 0 Å². The van der Waals surface area contributed by atoms with E-state index in [0.29, 0.717) is 34.7 Å². The first-order chi connectivity index (χ1) is 12.6. The molecule has 1 aliphatic carbocycles. The normalized spacial score (nSPS) is 20.9. The molecule has 2 aliphatic rings. The van der Waals surface area contributed by atoms with Gasteiger partial charge in [-0.05, 0) is 60.4 Å². The minimum Gasteiger partial charge on any atom is -0.278 e. The van der Waals surface area contributed by atoms with Crippen LogP contribution in [0.2, 0.25) is 5.02 Å². The van der Waals surface area contributed by atoms with E-state index in [4.69, 9.17) is 11.6 Å². The van der Waals surface area contributed by atoms with Crippen LogP contribution in [0.15, 0.2) is 29.4 Å². The van der Waals surface area contributed by atoms with E-state index >= 15 is 0 Å². The molecule has 9 heteroatoms. The van der Waals surface area contributed by atoms with E-state index < -0.39 is 0 Å². The third kappa shape index (κ3) is 3.61. The van der Waals surface area contributed by atoms with Crippen LogP contribution < -0.4 is 0 Å². The molecule has 2 amide bonds. The van der Waals surface area contributed by atoms with Crippen LogP contribution in [0, 0.1) is 0 Å². The van der Waals surface area contributed by atoms with Gasteiger partial charge in [-0.15, -0.1) is 5.10 Å². The zero-order chi connectivity index (χ0) is 18.1. The van der Waals surface area contributed by atoms with E-state index in [-0.39, 0.29) is 17.1 Å². The Hall–Kier alpha value is -1.93. The third-order valence-corrected chi connectivity index (χ3v) is 6.03. The molecule has 1 saturated carbocycles. The number of thioether (sulfide) groups is 1. The largest absolute Gasteiger partial charge is 0.278 e. The van der Waals surface area contributed by atoms with Crippen molar-refractivity contribution in [1.82, 2.24) is 25.1 Å². The molecule has 0 spiro atoms. The van der Waals surface area contributed by atoms with Crippen LogP contribution in [-0.4, -0.2) is 48.7 Å². The number of amides is 2. The summed E-state index contributed by atoms with van der Waals surface area (Å²) in [6.07, 6.45) is 4.54. The Morgan fingerprint density at radius 1 is 1.15 bits per heavy atom. The highest BCUT2D eigenvalue weighted by atomic mass is 35.5. The Bertz CT molecular complexity index is 821. The summed E-state index contributed by atoms with van der Waals surface area (Å²) in [5, 5.41) is 12.7. The molecule has 1 aromatic carbocycles. The van der Waals surface area contributed by atoms with Gasteiger partial charge >= 0.3 is 0 Å². The second-order valence-electron chi connectivity index (χ2n) is 6.54. The Morgan fingerprint density at radius 3 is 2.65 bits per heavy atom. The summed E-state index contributed by atoms with van der Waals surface area (Å²) in [5.74, 6) is -0.446. The number of imide groups is 1. The zero-order valence-electron chi connectivity index (χ0n) is 14.0. The van der Waals surface area contributed by atoms with E-state index in [0.717, 1.165) is 25.7 Å². The molecule has 0 bridgehead atoms. The van der Waals surface area contributed by atoms with Crippen LogP contribution in [0.3, 0.4) is 0 Å². The van der Waals surface area contributed by atoms with Gasteiger partial charge in [0.1, 0.15) is 0 Å². The number of tetrazole rings is 1. The zero-order valence-corrected chi connectivity index (χ0v) is 15.6. The summed E-state index contributed by atoms with van der Waals surface area (Å²) in [4.78, 5) is 27.2. The maximum absolute atomic E-state index is 13.0. The molecule has 1 unspecified atom stereocenters. The van der Waals surface area contributed by atoms with Gasteiger partial charge in [-0.1, -0.05) is 29.8 Å². The topological polar surface area (TPSA) is 81.0 Å². The molecule has 1 aliphatic heterocycles. The van der Waals surface area contributed by atoms with Crippen molar-refractivity contribution in [1.29, 1.82) is 0 Å². The average Bonchev–Trinajstić information content (AvgIpc) is 3.41. The Morgan fingerprint density at radius 2 is 1.92 bits per heavy atom. The second kappa shape index (κ2) is 7.36. The maximum atomic E-state index is 13.0. The number of rotatable bonds is 4. The second-order valence-corrected chi connectivity index (χ2v) is 8.15. The molecule has 0 radical (unpaired) electrons. The lowest BCUT2D eigenvalue weighted by Gasteiger charge is -2.22. The lowest BCUT2D eigenvalue weighted by Crippen LogP contribution is -2.41. The number of nitrogens with zero attached hydrogens (tertiary/aromatic N) is 5. The lowest BCUT2D eigenvalue weighted by atomic mass is 10.2. The van der Waals surface area contributed by atoms with Gasteiger partial charge in [0, 0.05) is 17.1 Å². The number of halogens is 1. The highest BCUT2D eigenvalue weighted by molar-refractivity contribution is 8.00. The van der Waals surface area contributed by atoms with Gasteiger partial charge < -0.3 is 0 Å². The summed E-state index contributed by atoms with van der Waals surface area (Å²) in [5.41, 5.74) is 0.469. The SMILES string of the molecule is O=C(c1ccc(Cl)cc1)N1CCCCC(Sc2nnnn2C2CC2)C1=O. The number of carbonyl (C=O) groups excluding carboxylic acids is 2. The van der Waals surface area contributed by atoms with Gasteiger partial charge in [0.2, 0.25) is 11.1 Å². The highest BCUT2D eigenvalue weighted by Crippen LogP contribution is 2.38. The standard InChI is InChI=1S/C17H18ClN5O2S/c18-12-6-4-11(5-7-12)15(24)22-10-2-1-3-14(16(22)25)26-17-19-20-21-23(17)13-8-9-13/h4-7,13-14H,1-3,8-10H2. The molecule has 2 aromatic rings. The Balaban J connectivity index is 1.53. The quantitative estimate of drug-likeness (QED) is 0.745. The molecule has 2 heterocycles. The molecular weight excluding hydrogens is 374 g/mol. The van der Waals surface area contributed by atoms with Gasteiger partial charge in [0.05, 0.1) is 11.3 Å². The molecule has 136 valence electrons. The fourth-order valence-electron chi connectivity index (χ4n) is 3.00. The van der Waals surface area contributed by atoms with Crippen molar-refractivity contribution in [3.8, 4) is 0 Å². The van der Waals surface area contributed by atoms with E-state index in [9.17, 15) is 9.59 Å². The number of likely N-dealkylation sites (tertiary alicyclic amines) is 1. The van der Waals surface area contributed by atoms with Crippen molar-refractivity contribution in [2.24, 2.45) is 0 Å². The molecule has 4 rings (SSSR count). The van der Waals surface area contributed by atoms with Gasteiger partial charge in [0.15, 0.2) is 0 Å². The summed E-state index contributed by atoms with van der Waals surface area (Å²) >= 11 is 7.26. The highest BCUT2D eigenvalue weighted by Gasteiger charge is 2.35. The summed E-state index contributed by atoms with van der Waals surface area (Å²) in [7, 11) is 0. The van der Waals surface area contributed by atoms with Crippen molar-refractivity contribution in [3.05, 3.63) is 34.9 Å². The third-order valence-electron chi connectivity index (χ3n) is 4.58. The lowest BCUT2D eigenvalue weighted by molar-refractivity contribution is -0.127. The summed E-state index contributed by atoms with van der Waals surface area (Å²) < 4.78 is 1.80. The number of hydrogen-bond donors (Lipinski definition) is 0. The fourth-order valence-corrected chi connectivity index (χ4v) is 4.28. The summed E-state index contributed by atoms with van der Waals surface area (Å²) in [6, 6.07) is 6.97. The van der Waals surface area contributed by atoms with Gasteiger partial charge in [-0.25, -0.2) is 4.68 Å². The van der Waals surface area contributed by atoms with Gasteiger partial charge in [0.25, 0.3) is 5.91 Å². The molecule has 7 nitrogen and oxygen atoms in total. The first-order valence-electron chi connectivity index (χ1n) is 8.69. The molecular formula is C17H18ClN5O2S. The van der Waals surface area contributed by atoms with E-state index in [1.807, 2.05) is 0 Å². The van der Waals surface area contributed by atoms with Crippen molar-refractivity contribution in [2.45, 2.75) is 48.6 Å². The van der Waals surface area contributed by atoms with Crippen LogP contribution in [0.25, 0.3) is 0 Å². The van der Waals surface area contributed by atoms with E-state index in [2.05, 4.69) is 15.5 Å². The predicted octanol–water partition coefficient (Wildman–Crippen LogP) is 2.97. The van der Waals surface area contributed by atoms with Crippen molar-refractivity contribution < 1.29 is 9.59 Å². The number of carbonyl (C=O) groups is 2. The molecule has 1 aromatic heterocycles. The van der Waals surface area contributed by atoms with Crippen molar-refractivity contribution in [2.75, 3.05) is 6.54 Å². The molecule has 2 fully saturated rings. The van der Waals surface area contributed by atoms with Crippen LogP contribution >= 0.6 is 23.4 Å². The Kier molecular flexibility index (Phi) is 4.95. The average molecular weight is 392 g/mol. The molecule has 1 atom stereocenters. The summed E-state index contributed by atoms with van der Waals surface area (Å²) in [6.45, 7) is 0.435. The molecule has 26 heavy (non-hydrogen) atoms. The van der Waals surface area contributed by atoms with Gasteiger partial charge in [-0.2, -0.15) is 0 Å². The van der Waals surface area contributed by atoms with E-state index in [1.165, 1.54) is 16.7 Å². The Labute approximate surface area is 160 Å². The van der Waals surface area contributed by atoms with Gasteiger partial charge in [-0.3, -0.25) is 14.5 Å². The first kappa shape index (κ1) is 17.5. The smallest absolute Gasteiger partial charge is 0.260 e. The monoisotopic (exact) mass is 391 g/mol. The van der Waals surface area contributed by atoms with Crippen LogP contribution in [-0.2, 0) is 4.79 Å². The van der Waals surface area contributed by atoms with Crippen molar-refractivity contribution in [3.63, 3.8) is 0 Å². The molecule has 1 saturated heterocycles. The maximum Gasteiger partial charge on any atom is 0.260 e. The predicted molar refractivity (Wildman–Crippen MR) is 97.1 cm³/mol. The van der Waals surface area contributed by atoms with Crippen LogP contribution in [0.1, 0.15) is 48.5 Å². The van der Waals surface area contributed by atoms with E-state index in [1.54, 1.807) is 28.9 Å². The van der Waals surface area contributed by atoms with Crippen molar-refractivity contribution >= 4 is 35.2 Å². The minimum absolute atomic E-state index is 0.169. The first-order valence-corrected chi connectivity index (χ1v) is 9.95. The van der Waals surface area contributed by atoms with Crippen LogP contribution in [0.5, 0.6) is 0 Å². The minimum atomic E-state index is -0.350. The molecule has 0 N–H and O–H groups in total. The number of aromatic nitrogens is 4. The number of benzene rings is 1. The number of hydrogen-bond acceptors (Lipinski definition) is 6. The fraction of sp³-hybridized carbons (Fsp3) is 0.471.